The van der Waals surface area contributed by atoms with Gasteiger partial charge in [0.2, 0.25) is 0 Å². The summed E-state index contributed by atoms with van der Waals surface area (Å²) in [4.78, 5) is 4.72. The van der Waals surface area contributed by atoms with Crippen molar-refractivity contribution < 1.29 is 9.13 Å². The summed E-state index contributed by atoms with van der Waals surface area (Å²) in [5.41, 5.74) is 6.39. The van der Waals surface area contributed by atoms with Crippen LogP contribution in [0.25, 0.3) is 0 Å². The summed E-state index contributed by atoms with van der Waals surface area (Å²) in [6.07, 6.45) is 7.57. The summed E-state index contributed by atoms with van der Waals surface area (Å²) < 4.78 is 20.5. The molecule has 5 heteroatoms. The molecule has 1 heterocycles. The van der Waals surface area contributed by atoms with Crippen LogP contribution in [0.5, 0.6) is 5.75 Å². The lowest BCUT2D eigenvalue weighted by molar-refractivity contribution is 0.305. The molecule has 6 rings (SSSR count). The van der Waals surface area contributed by atoms with Gasteiger partial charge in [-0.15, -0.1) is 0 Å². The molecule has 0 fully saturated rings. The average Bonchev–Trinajstić information content (AvgIpc) is 3.42. The van der Waals surface area contributed by atoms with Gasteiger partial charge >= 0.3 is 0 Å². The molecular formula is C32H26BrFN2O. The topological polar surface area (TPSA) is 33.6 Å². The van der Waals surface area contributed by atoms with E-state index in [4.69, 9.17) is 9.73 Å². The number of nitrogens with one attached hydrogen (secondary N) is 1. The molecule has 4 aromatic rings. The van der Waals surface area contributed by atoms with Crippen LogP contribution in [0.4, 0.5) is 15.8 Å². The molecule has 0 saturated heterocycles. The van der Waals surface area contributed by atoms with Crippen LogP contribution in [-0.2, 0) is 6.61 Å². The number of allylic oxidation sites excluding steroid dienone is 2. The highest BCUT2D eigenvalue weighted by atomic mass is 79.9. The van der Waals surface area contributed by atoms with E-state index in [0.29, 0.717) is 17.6 Å². The van der Waals surface area contributed by atoms with Crippen LogP contribution >= 0.6 is 15.9 Å². The molecule has 1 aliphatic carbocycles. The standard InChI is InChI=1S/C32H26BrFN2O/c33-24-13-16-31(37-20-21-5-3-6-25(34)17-21)23(18-24)19-35-26-14-11-22(12-15-26)32-29-9-4-8-27(29)28-7-1-2-10-30(28)36-32/h1-8,10-19,27,29,32,36H,9,20H2/t27-,29+,32+/m1/s1. The predicted molar refractivity (Wildman–Crippen MR) is 151 cm³/mol. The molecule has 0 amide bonds. The van der Waals surface area contributed by atoms with Crippen molar-refractivity contribution in [2.75, 3.05) is 5.32 Å². The molecule has 3 atom stereocenters. The van der Waals surface area contributed by atoms with Crippen molar-refractivity contribution in [1.82, 2.24) is 0 Å². The van der Waals surface area contributed by atoms with E-state index in [1.165, 1.54) is 28.9 Å². The Bertz CT molecular complexity index is 1480. The summed E-state index contributed by atoms with van der Waals surface area (Å²) in [5, 5.41) is 3.78. The molecule has 0 spiro atoms. The Morgan fingerprint density at radius 3 is 2.70 bits per heavy atom. The van der Waals surface area contributed by atoms with Gasteiger partial charge in [-0.2, -0.15) is 0 Å². The summed E-state index contributed by atoms with van der Waals surface area (Å²) >= 11 is 3.54. The van der Waals surface area contributed by atoms with Crippen molar-refractivity contribution >= 4 is 33.5 Å². The predicted octanol–water partition coefficient (Wildman–Crippen LogP) is 8.74. The van der Waals surface area contributed by atoms with E-state index in [0.717, 1.165) is 27.7 Å². The number of rotatable bonds is 6. The minimum atomic E-state index is -0.269. The number of hydrogen-bond donors (Lipinski definition) is 1. The maximum atomic E-state index is 13.5. The SMILES string of the molecule is Fc1cccc(COc2ccc(Br)cc2C=Nc2ccc([C@@H]3Nc4ccccc4[C@H]4C=CC[C@@H]43)cc2)c1. The minimum absolute atomic E-state index is 0.265. The molecule has 0 aromatic heterocycles. The van der Waals surface area contributed by atoms with Gasteiger partial charge in [0.15, 0.2) is 0 Å². The third kappa shape index (κ3) is 5.09. The second kappa shape index (κ2) is 10.3. The van der Waals surface area contributed by atoms with Gasteiger partial charge < -0.3 is 10.1 Å². The number of benzene rings is 4. The zero-order valence-corrected chi connectivity index (χ0v) is 21.7. The number of fused-ring (bicyclic) bond motifs is 3. The van der Waals surface area contributed by atoms with E-state index in [1.54, 1.807) is 6.07 Å². The number of hydrogen-bond acceptors (Lipinski definition) is 3. The van der Waals surface area contributed by atoms with Gasteiger partial charge in [-0.25, -0.2) is 4.39 Å². The van der Waals surface area contributed by atoms with Crippen molar-refractivity contribution in [2.24, 2.45) is 10.9 Å². The highest BCUT2D eigenvalue weighted by molar-refractivity contribution is 9.10. The Morgan fingerprint density at radius 1 is 0.973 bits per heavy atom. The molecule has 0 saturated carbocycles. The van der Waals surface area contributed by atoms with Gasteiger partial charge in [-0.3, -0.25) is 4.99 Å². The maximum Gasteiger partial charge on any atom is 0.128 e. The first-order chi connectivity index (χ1) is 18.1. The van der Waals surface area contributed by atoms with Crippen molar-refractivity contribution in [2.45, 2.75) is 25.0 Å². The molecule has 3 nitrogen and oxygen atoms in total. The number of aliphatic imine (C=N–C) groups is 1. The van der Waals surface area contributed by atoms with E-state index >= 15 is 0 Å². The summed E-state index contributed by atoms with van der Waals surface area (Å²) in [6, 6.07) is 29.6. The van der Waals surface area contributed by atoms with E-state index in [1.807, 2.05) is 30.5 Å². The molecule has 0 bridgehead atoms. The monoisotopic (exact) mass is 552 g/mol. The van der Waals surface area contributed by atoms with Crippen LogP contribution in [-0.4, -0.2) is 6.21 Å². The number of anilines is 1. The van der Waals surface area contributed by atoms with Gasteiger partial charge in [0, 0.05) is 27.9 Å². The van der Waals surface area contributed by atoms with E-state index in [-0.39, 0.29) is 18.5 Å². The van der Waals surface area contributed by atoms with Gasteiger partial charge in [-0.1, -0.05) is 70.5 Å². The molecule has 0 unspecified atom stereocenters. The van der Waals surface area contributed by atoms with Crippen molar-refractivity contribution in [3.8, 4) is 5.75 Å². The van der Waals surface area contributed by atoms with Crippen LogP contribution in [0.3, 0.4) is 0 Å². The first kappa shape index (κ1) is 23.7. The molecule has 4 aromatic carbocycles. The highest BCUT2D eigenvalue weighted by Gasteiger charge is 2.37. The molecular weight excluding hydrogens is 527 g/mol. The first-order valence-corrected chi connectivity index (χ1v) is 13.3. The smallest absolute Gasteiger partial charge is 0.128 e. The summed E-state index contributed by atoms with van der Waals surface area (Å²) in [6.45, 7) is 0.281. The summed E-state index contributed by atoms with van der Waals surface area (Å²) in [5.74, 6) is 1.40. The van der Waals surface area contributed by atoms with Gasteiger partial charge in [0.25, 0.3) is 0 Å². The zero-order chi connectivity index (χ0) is 25.2. The van der Waals surface area contributed by atoms with Crippen LogP contribution in [0.1, 0.15) is 40.6 Å². The van der Waals surface area contributed by atoms with E-state index in [9.17, 15) is 4.39 Å². The largest absolute Gasteiger partial charge is 0.488 e. The molecule has 1 N–H and O–H groups in total. The molecule has 2 aliphatic rings. The number of nitrogens with zero attached hydrogens (tertiary/aromatic N) is 1. The normalized spacial score (nSPS) is 19.9. The molecule has 37 heavy (non-hydrogen) atoms. The van der Waals surface area contributed by atoms with Crippen LogP contribution in [0.15, 0.2) is 113 Å². The molecule has 184 valence electrons. The zero-order valence-electron chi connectivity index (χ0n) is 20.1. The Morgan fingerprint density at radius 2 is 1.84 bits per heavy atom. The van der Waals surface area contributed by atoms with Gasteiger partial charge in [-0.05, 0) is 77.6 Å². The average molecular weight is 553 g/mol. The van der Waals surface area contributed by atoms with Gasteiger partial charge in [0.05, 0.1) is 11.7 Å². The van der Waals surface area contributed by atoms with Gasteiger partial charge in [0.1, 0.15) is 18.2 Å². The van der Waals surface area contributed by atoms with Crippen molar-refractivity contribution in [3.05, 3.63) is 136 Å². The molecule has 1 aliphatic heterocycles. The third-order valence-electron chi connectivity index (χ3n) is 7.13. The van der Waals surface area contributed by atoms with Crippen molar-refractivity contribution in [3.63, 3.8) is 0 Å². The molecule has 0 radical (unpaired) electrons. The number of ether oxygens (including phenoxy) is 1. The quantitative estimate of drug-likeness (QED) is 0.191. The Hall–Kier alpha value is -3.70. The fraction of sp³-hybridized carbons (Fsp3) is 0.156. The van der Waals surface area contributed by atoms with Crippen LogP contribution < -0.4 is 10.1 Å². The lowest BCUT2D eigenvalue weighted by Crippen LogP contribution is -2.28. The fourth-order valence-corrected chi connectivity index (χ4v) is 5.70. The lowest BCUT2D eigenvalue weighted by atomic mass is 9.77. The first-order valence-electron chi connectivity index (χ1n) is 12.5. The fourth-order valence-electron chi connectivity index (χ4n) is 5.32. The summed E-state index contributed by atoms with van der Waals surface area (Å²) in [7, 11) is 0. The highest BCUT2D eigenvalue weighted by Crippen LogP contribution is 2.49. The second-order valence-electron chi connectivity index (χ2n) is 9.51. The van der Waals surface area contributed by atoms with Crippen molar-refractivity contribution in [1.29, 1.82) is 0 Å². The van der Waals surface area contributed by atoms with Crippen LogP contribution in [0, 0.1) is 11.7 Å². The maximum absolute atomic E-state index is 13.5. The Labute approximate surface area is 224 Å². The number of para-hydroxylation sites is 1. The van der Waals surface area contributed by atoms with Crippen LogP contribution in [0.2, 0.25) is 0 Å². The second-order valence-corrected chi connectivity index (χ2v) is 10.4. The lowest BCUT2D eigenvalue weighted by Gasteiger charge is -2.37. The van der Waals surface area contributed by atoms with E-state index in [2.05, 4.69) is 81.9 Å². The third-order valence-corrected chi connectivity index (χ3v) is 7.63. The Kier molecular flexibility index (Phi) is 6.62. The van der Waals surface area contributed by atoms with E-state index < -0.39 is 0 Å². The minimum Gasteiger partial charge on any atom is -0.488 e. The Balaban J connectivity index is 1.19. The number of halogens is 2.